The maximum atomic E-state index is 14.6. The van der Waals surface area contributed by atoms with Gasteiger partial charge in [-0.2, -0.15) is 5.26 Å². The van der Waals surface area contributed by atoms with Crippen molar-refractivity contribution < 1.29 is 19.0 Å². The summed E-state index contributed by atoms with van der Waals surface area (Å²) in [5, 5.41) is 19.7. The molecule has 0 aliphatic carbocycles. The van der Waals surface area contributed by atoms with Crippen molar-refractivity contribution in [3.63, 3.8) is 0 Å². The summed E-state index contributed by atoms with van der Waals surface area (Å²) in [4.78, 5) is 21.3. The van der Waals surface area contributed by atoms with Crippen molar-refractivity contribution in [1.82, 2.24) is 19.0 Å². The molecule has 0 bridgehead atoms. The largest absolute Gasteiger partial charge is 0.478 e. The molecular weight excluding hydrogens is 547 g/mol. The van der Waals surface area contributed by atoms with Crippen molar-refractivity contribution in [2.75, 3.05) is 37.7 Å². The lowest BCUT2D eigenvalue weighted by atomic mass is 10.1. The van der Waals surface area contributed by atoms with Crippen LogP contribution in [0.2, 0.25) is 0 Å². The van der Waals surface area contributed by atoms with Crippen molar-refractivity contribution in [3.8, 4) is 6.07 Å². The number of aromatic nitrogens is 3. The maximum absolute atomic E-state index is 14.6. The molecule has 2 fully saturated rings. The summed E-state index contributed by atoms with van der Waals surface area (Å²) in [6.45, 7) is 5.92. The Hall–Kier alpha value is -4.72. The van der Waals surface area contributed by atoms with Crippen LogP contribution in [-0.2, 0) is 24.4 Å². The Bertz CT molecular complexity index is 1880. The summed E-state index contributed by atoms with van der Waals surface area (Å²) in [5.74, 6) is -0.390. The molecule has 0 saturated carbocycles. The number of benzene rings is 3. The molecule has 0 unspecified atom stereocenters. The van der Waals surface area contributed by atoms with E-state index in [9.17, 15) is 14.3 Å². The van der Waals surface area contributed by atoms with Crippen LogP contribution in [0, 0.1) is 17.1 Å². The van der Waals surface area contributed by atoms with Crippen molar-refractivity contribution in [2.45, 2.75) is 32.2 Å². The lowest BCUT2D eigenvalue weighted by molar-refractivity contribution is -0.0592. The molecule has 7 rings (SSSR count). The highest BCUT2D eigenvalue weighted by molar-refractivity contribution is 5.92. The molecule has 2 aliphatic heterocycles. The first-order chi connectivity index (χ1) is 20.9. The first kappa shape index (κ1) is 27.1. The molecule has 1 atom stereocenters. The standard InChI is InChI=1S/C33H31FN6O3/c34-28-15-22(18-35)1-2-25(28)19-39-9-7-23-3-5-26(17-30(23)39)38-12-10-37(11-13-38)21-32-36-29-6-4-24(33(41)42)16-31(29)40(32)20-27-8-14-43-27/h1-7,9,15-17,27H,8,10-14,19-21H2,(H,41,42)/t27-/m0/s1. The summed E-state index contributed by atoms with van der Waals surface area (Å²) in [5.41, 5.74) is 4.92. The molecule has 2 aliphatic rings. The predicted molar refractivity (Wildman–Crippen MR) is 161 cm³/mol. The molecular formula is C33H31FN6O3. The maximum Gasteiger partial charge on any atom is 0.335 e. The van der Waals surface area contributed by atoms with Gasteiger partial charge >= 0.3 is 5.97 Å². The lowest BCUT2D eigenvalue weighted by Gasteiger charge is -2.36. The number of halogens is 1. The van der Waals surface area contributed by atoms with Gasteiger partial charge in [0.2, 0.25) is 0 Å². The van der Waals surface area contributed by atoms with E-state index in [4.69, 9.17) is 15.0 Å². The third-order valence-electron chi connectivity index (χ3n) is 8.64. The van der Waals surface area contributed by atoms with Crippen LogP contribution in [0.1, 0.15) is 33.7 Å². The number of rotatable bonds is 8. The smallest absolute Gasteiger partial charge is 0.335 e. The monoisotopic (exact) mass is 578 g/mol. The summed E-state index contributed by atoms with van der Waals surface area (Å²) in [6, 6.07) is 20.2. The Morgan fingerprint density at radius 1 is 1.02 bits per heavy atom. The number of fused-ring (bicyclic) bond motifs is 2. The molecule has 218 valence electrons. The quantitative estimate of drug-likeness (QED) is 0.281. The van der Waals surface area contributed by atoms with Gasteiger partial charge in [0.1, 0.15) is 11.6 Å². The van der Waals surface area contributed by atoms with Gasteiger partial charge in [0.15, 0.2) is 0 Å². The van der Waals surface area contributed by atoms with Crippen LogP contribution in [0.25, 0.3) is 21.9 Å². The van der Waals surface area contributed by atoms with Gasteiger partial charge in [-0.05, 0) is 60.3 Å². The third kappa shape index (κ3) is 5.33. The zero-order valence-electron chi connectivity index (χ0n) is 23.6. The summed E-state index contributed by atoms with van der Waals surface area (Å²) < 4.78 is 24.5. The number of carboxylic acids is 1. The predicted octanol–water partition coefficient (Wildman–Crippen LogP) is 4.86. The Morgan fingerprint density at radius 3 is 2.58 bits per heavy atom. The summed E-state index contributed by atoms with van der Waals surface area (Å²) in [6.07, 6.45) is 3.10. The molecule has 1 N–H and O–H groups in total. The van der Waals surface area contributed by atoms with Gasteiger partial charge in [0, 0.05) is 50.2 Å². The second-order valence-corrected chi connectivity index (χ2v) is 11.3. The Labute approximate surface area is 247 Å². The number of hydrogen-bond donors (Lipinski definition) is 1. The highest BCUT2D eigenvalue weighted by Crippen LogP contribution is 2.27. The van der Waals surface area contributed by atoms with E-state index < -0.39 is 5.97 Å². The lowest BCUT2D eigenvalue weighted by Crippen LogP contribution is -2.46. The van der Waals surface area contributed by atoms with Crippen LogP contribution in [0.3, 0.4) is 0 Å². The molecule has 43 heavy (non-hydrogen) atoms. The van der Waals surface area contributed by atoms with Gasteiger partial charge in [-0.15, -0.1) is 0 Å². The highest BCUT2D eigenvalue weighted by Gasteiger charge is 2.25. The zero-order chi connectivity index (χ0) is 29.5. The van der Waals surface area contributed by atoms with E-state index in [2.05, 4.69) is 32.6 Å². The number of anilines is 1. The fraction of sp³-hybridized carbons (Fsp3) is 0.303. The van der Waals surface area contributed by atoms with Gasteiger partial charge in [-0.1, -0.05) is 12.1 Å². The van der Waals surface area contributed by atoms with E-state index in [-0.39, 0.29) is 17.5 Å². The van der Waals surface area contributed by atoms with Crippen LogP contribution < -0.4 is 4.90 Å². The molecule has 10 heteroatoms. The second-order valence-electron chi connectivity index (χ2n) is 11.3. The van der Waals surface area contributed by atoms with E-state index in [1.54, 1.807) is 30.3 Å². The van der Waals surface area contributed by atoms with Gasteiger partial charge in [-0.3, -0.25) is 4.90 Å². The molecule has 4 heterocycles. The minimum Gasteiger partial charge on any atom is -0.478 e. The first-order valence-corrected chi connectivity index (χ1v) is 14.5. The average Bonchev–Trinajstić information content (AvgIpc) is 3.55. The average molecular weight is 579 g/mol. The van der Waals surface area contributed by atoms with Gasteiger partial charge in [0.05, 0.1) is 59.5 Å². The Balaban J connectivity index is 1.06. The minimum absolute atomic E-state index is 0.128. The van der Waals surface area contributed by atoms with Crippen molar-refractivity contribution in [2.24, 2.45) is 0 Å². The fourth-order valence-electron chi connectivity index (χ4n) is 6.06. The first-order valence-electron chi connectivity index (χ1n) is 14.5. The van der Waals surface area contributed by atoms with E-state index >= 15 is 0 Å². The number of ether oxygens (including phenoxy) is 1. The van der Waals surface area contributed by atoms with E-state index in [1.165, 1.54) is 6.07 Å². The summed E-state index contributed by atoms with van der Waals surface area (Å²) >= 11 is 0. The van der Waals surface area contributed by atoms with Crippen molar-refractivity contribution >= 4 is 33.6 Å². The number of hydrogen-bond acceptors (Lipinski definition) is 6. The van der Waals surface area contributed by atoms with Crippen LogP contribution in [0.5, 0.6) is 0 Å². The minimum atomic E-state index is -0.945. The number of aromatic carboxylic acids is 1. The number of imidazole rings is 1. The van der Waals surface area contributed by atoms with Crippen LogP contribution in [-0.4, -0.2) is 69.0 Å². The number of piperazine rings is 1. The number of carbonyl (C=O) groups is 1. The molecule has 2 aromatic heterocycles. The van der Waals surface area contributed by atoms with Crippen molar-refractivity contribution in [1.29, 1.82) is 5.26 Å². The van der Waals surface area contributed by atoms with Crippen LogP contribution in [0.4, 0.5) is 10.1 Å². The highest BCUT2D eigenvalue weighted by atomic mass is 19.1. The van der Waals surface area contributed by atoms with Gasteiger partial charge in [0.25, 0.3) is 0 Å². The summed E-state index contributed by atoms with van der Waals surface area (Å²) in [7, 11) is 0. The second kappa shape index (κ2) is 11.2. The van der Waals surface area contributed by atoms with Crippen LogP contribution in [0.15, 0.2) is 66.9 Å². The molecule has 0 radical (unpaired) electrons. The van der Waals surface area contributed by atoms with E-state index in [0.717, 1.165) is 72.7 Å². The normalized spacial score (nSPS) is 17.3. The third-order valence-corrected chi connectivity index (χ3v) is 8.64. The van der Waals surface area contributed by atoms with Gasteiger partial charge < -0.3 is 23.9 Å². The van der Waals surface area contributed by atoms with Gasteiger partial charge in [-0.25, -0.2) is 14.2 Å². The molecule has 3 aromatic carbocycles. The molecule has 5 aromatic rings. The van der Waals surface area contributed by atoms with Crippen molar-refractivity contribution in [3.05, 3.63) is 95.2 Å². The number of nitriles is 1. The van der Waals surface area contributed by atoms with E-state index in [0.29, 0.717) is 30.8 Å². The zero-order valence-corrected chi connectivity index (χ0v) is 23.6. The number of nitrogens with zero attached hydrogens (tertiary/aromatic N) is 6. The van der Waals surface area contributed by atoms with E-state index in [1.807, 2.05) is 22.9 Å². The number of carboxylic acid groups (broad SMARTS) is 1. The van der Waals surface area contributed by atoms with Crippen LogP contribution >= 0.6 is 0 Å². The topological polar surface area (TPSA) is 99.5 Å². The molecule has 2 saturated heterocycles. The Kier molecular flexibility index (Phi) is 7.05. The fourth-order valence-corrected chi connectivity index (χ4v) is 6.06. The Morgan fingerprint density at radius 2 is 1.86 bits per heavy atom. The molecule has 0 amide bonds. The molecule has 9 nitrogen and oxygen atoms in total. The molecule has 0 spiro atoms. The SMILES string of the molecule is N#Cc1ccc(Cn2ccc3ccc(N4CCN(Cc5nc6ccc(C(=O)O)cc6n5C[C@@H]5CCO5)CC4)cc32)c(F)c1.